The Balaban J connectivity index is 2.46. The molecule has 3 N–H and O–H groups in total. The van der Waals surface area contributed by atoms with Crippen LogP contribution in [-0.4, -0.2) is 44.7 Å². The van der Waals surface area contributed by atoms with Gasteiger partial charge in [0.25, 0.3) is 0 Å². The van der Waals surface area contributed by atoms with Crippen molar-refractivity contribution in [1.29, 1.82) is 0 Å². The summed E-state index contributed by atoms with van der Waals surface area (Å²) in [5, 5.41) is 9.69. The summed E-state index contributed by atoms with van der Waals surface area (Å²) >= 11 is 0. The second-order valence-corrected chi connectivity index (χ2v) is 4.50. The third kappa shape index (κ3) is 5.83. The predicted molar refractivity (Wildman–Crippen MR) is 73.2 cm³/mol. The smallest absolute Gasteiger partial charge is 0.127 e. The van der Waals surface area contributed by atoms with Gasteiger partial charge >= 0.3 is 0 Å². The molecule has 2 atom stereocenters. The average Bonchev–Trinajstić information content (AvgIpc) is 2.41. The molecule has 1 unspecified atom stereocenters. The van der Waals surface area contributed by atoms with Crippen molar-refractivity contribution in [1.82, 2.24) is 0 Å². The van der Waals surface area contributed by atoms with Gasteiger partial charge in [-0.2, -0.15) is 0 Å². The molecule has 1 rings (SSSR count). The zero-order chi connectivity index (χ0) is 15.0. The average molecular weight is 287 g/mol. The molecule has 0 bridgehead atoms. The molecule has 0 aliphatic rings. The number of aliphatic hydroxyl groups excluding tert-OH is 1. The van der Waals surface area contributed by atoms with E-state index in [0.29, 0.717) is 24.5 Å². The summed E-state index contributed by atoms with van der Waals surface area (Å²) in [6.07, 6.45) is -0.795. The monoisotopic (exact) mass is 287 g/mol. The van der Waals surface area contributed by atoms with Gasteiger partial charge in [-0.05, 0) is 13.0 Å². The summed E-state index contributed by atoms with van der Waals surface area (Å²) in [5.74, 6) is -0.0637. The highest BCUT2D eigenvalue weighted by molar-refractivity contribution is 5.36. The van der Waals surface area contributed by atoms with Gasteiger partial charge in [0.1, 0.15) is 24.3 Å². The highest BCUT2D eigenvalue weighted by atomic mass is 19.1. The van der Waals surface area contributed by atoms with Crippen LogP contribution in [0.5, 0.6) is 5.75 Å². The largest absolute Gasteiger partial charge is 0.490 e. The first-order valence-corrected chi connectivity index (χ1v) is 6.47. The second-order valence-electron chi connectivity index (χ2n) is 4.50. The van der Waals surface area contributed by atoms with E-state index >= 15 is 0 Å². The van der Waals surface area contributed by atoms with Crippen LogP contribution >= 0.6 is 0 Å². The van der Waals surface area contributed by atoms with E-state index in [4.69, 9.17) is 19.9 Å². The molecule has 0 aliphatic carbocycles. The molecule has 0 saturated carbocycles. The number of benzene rings is 1. The van der Waals surface area contributed by atoms with Gasteiger partial charge in [0, 0.05) is 24.8 Å². The molecule has 1 aromatic rings. The van der Waals surface area contributed by atoms with E-state index in [1.165, 1.54) is 12.1 Å². The molecule has 0 fully saturated rings. The molecule has 1 aromatic carbocycles. The van der Waals surface area contributed by atoms with E-state index in [1.54, 1.807) is 20.1 Å². The minimum absolute atomic E-state index is 0.0101. The molecule has 0 spiro atoms. The fourth-order valence-corrected chi connectivity index (χ4v) is 1.61. The van der Waals surface area contributed by atoms with E-state index in [9.17, 15) is 9.50 Å². The van der Waals surface area contributed by atoms with Gasteiger partial charge in [0.2, 0.25) is 0 Å². The number of ether oxygens (including phenoxy) is 3. The summed E-state index contributed by atoms with van der Waals surface area (Å²) in [6.45, 7) is 2.79. The standard InChI is InChI=1S/C14H22FNO4/c1-10(16)13-4-3-11(15)7-14(13)20-9-12(17)8-19-6-5-18-2/h3-4,7,10,12,17H,5-6,8-9,16H2,1-2H3/t10-,12?/m0/s1. The molecular formula is C14H22FNO4. The molecule has 0 amide bonds. The van der Waals surface area contributed by atoms with Crippen LogP contribution in [0.4, 0.5) is 4.39 Å². The molecule has 0 aliphatic heterocycles. The van der Waals surface area contributed by atoms with E-state index in [1.807, 2.05) is 0 Å². The summed E-state index contributed by atoms with van der Waals surface area (Å²) in [6, 6.07) is 3.89. The Kier molecular flexibility index (Phi) is 7.46. The van der Waals surface area contributed by atoms with Crippen LogP contribution in [0.3, 0.4) is 0 Å². The van der Waals surface area contributed by atoms with Crippen LogP contribution in [-0.2, 0) is 9.47 Å². The van der Waals surface area contributed by atoms with Gasteiger partial charge in [-0.25, -0.2) is 4.39 Å². The number of halogens is 1. The van der Waals surface area contributed by atoms with Crippen LogP contribution in [0.15, 0.2) is 18.2 Å². The summed E-state index contributed by atoms with van der Waals surface area (Å²) in [7, 11) is 1.57. The van der Waals surface area contributed by atoms with E-state index in [0.717, 1.165) is 0 Å². The van der Waals surface area contributed by atoms with Crippen LogP contribution in [0.25, 0.3) is 0 Å². The van der Waals surface area contributed by atoms with Crippen molar-refractivity contribution in [3.8, 4) is 5.75 Å². The van der Waals surface area contributed by atoms with Gasteiger partial charge < -0.3 is 25.1 Å². The Morgan fingerprint density at radius 2 is 2.05 bits per heavy atom. The highest BCUT2D eigenvalue weighted by Crippen LogP contribution is 2.24. The van der Waals surface area contributed by atoms with Crippen molar-refractivity contribution in [3.05, 3.63) is 29.6 Å². The maximum atomic E-state index is 13.2. The van der Waals surface area contributed by atoms with Gasteiger partial charge in [-0.15, -0.1) is 0 Å². The summed E-state index contributed by atoms with van der Waals surface area (Å²) in [4.78, 5) is 0. The number of methoxy groups -OCH3 is 1. The van der Waals surface area contributed by atoms with Crippen molar-refractivity contribution in [2.24, 2.45) is 5.73 Å². The molecule has 0 heterocycles. The van der Waals surface area contributed by atoms with Crippen molar-refractivity contribution >= 4 is 0 Å². The SMILES string of the molecule is COCCOCC(O)COc1cc(F)ccc1[C@H](C)N. The van der Waals surface area contributed by atoms with Gasteiger partial charge in [-0.3, -0.25) is 0 Å². The van der Waals surface area contributed by atoms with Crippen molar-refractivity contribution in [3.63, 3.8) is 0 Å². The minimum atomic E-state index is -0.795. The Bertz CT molecular complexity index is 401. The normalized spacial score (nSPS) is 14.1. The molecule has 6 heteroatoms. The molecular weight excluding hydrogens is 265 g/mol. The van der Waals surface area contributed by atoms with Gasteiger partial charge in [0.15, 0.2) is 0 Å². The number of nitrogens with two attached hydrogens (primary N) is 1. The Hall–Kier alpha value is -1.21. The first kappa shape index (κ1) is 16.8. The number of rotatable bonds is 9. The maximum absolute atomic E-state index is 13.2. The Morgan fingerprint density at radius 1 is 1.30 bits per heavy atom. The number of hydrogen-bond donors (Lipinski definition) is 2. The van der Waals surface area contributed by atoms with Crippen LogP contribution in [0, 0.1) is 5.82 Å². The molecule has 20 heavy (non-hydrogen) atoms. The van der Waals surface area contributed by atoms with Gasteiger partial charge in [-0.1, -0.05) is 6.07 Å². The molecule has 5 nitrogen and oxygen atoms in total. The molecule has 0 aromatic heterocycles. The highest BCUT2D eigenvalue weighted by Gasteiger charge is 2.12. The van der Waals surface area contributed by atoms with Crippen LogP contribution < -0.4 is 10.5 Å². The Morgan fingerprint density at radius 3 is 2.70 bits per heavy atom. The van der Waals surface area contributed by atoms with Crippen LogP contribution in [0.1, 0.15) is 18.5 Å². The first-order valence-electron chi connectivity index (χ1n) is 6.47. The van der Waals surface area contributed by atoms with Crippen LogP contribution in [0.2, 0.25) is 0 Å². The summed E-state index contributed by atoms with van der Waals surface area (Å²) < 4.78 is 28.6. The van der Waals surface area contributed by atoms with E-state index in [-0.39, 0.29) is 19.3 Å². The van der Waals surface area contributed by atoms with E-state index < -0.39 is 11.9 Å². The third-order valence-electron chi connectivity index (χ3n) is 2.64. The molecule has 0 saturated heterocycles. The van der Waals surface area contributed by atoms with Crippen molar-refractivity contribution < 1.29 is 23.7 Å². The minimum Gasteiger partial charge on any atom is -0.490 e. The van der Waals surface area contributed by atoms with Gasteiger partial charge in [0.05, 0.1) is 19.8 Å². The fourth-order valence-electron chi connectivity index (χ4n) is 1.61. The zero-order valence-corrected chi connectivity index (χ0v) is 11.8. The van der Waals surface area contributed by atoms with Crippen molar-refractivity contribution in [2.75, 3.05) is 33.5 Å². The second kappa shape index (κ2) is 8.86. The zero-order valence-electron chi connectivity index (χ0n) is 11.8. The lowest BCUT2D eigenvalue weighted by molar-refractivity contribution is -0.00439. The third-order valence-corrected chi connectivity index (χ3v) is 2.64. The quantitative estimate of drug-likeness (QED) is 0.669. The maximum Gasteiger partial charge on any atom is 0.127 e. The molecule has 0 radical (unpaired) electrons. The lowest BCUT2D eigenvalue weighted by atomic mass is 10.1. The molecule has 114 valence electrons. The number of hydrogen-bond acceptors (Lipinski definition) is 5. The lowest BCUT2D eigenvalue weighted by Gasteiger charge is -2.16. The van der Waals surface area contributed by atoms with Crippen molar-refractivity contribution in [2.45, 2.75) is 19.1 Å². The summed E-state index contributed by atoms with van der Waals surface area (Å²) in [5.41, 5.74) is 6.47. The topological polar surface area (TPSA) is 73.9 Å². The van der Waals surface area contributed by atoms with E-state index in [2.05, 4.69) is 0 Å². The predicted octanol–water partition coefficient (Wildman–Crippen LogP) is 1.25. The fraction of sp³-hybridized carbons (Fsp3) is 0.571. The number of aliphatic hydroxyl groups is 1. The first-order chi connectivity index (χ1) is 9.54. The Labute approximate surface area is 118 Å². The lowest BCUT2D eigenvalue weighted by Crippen LogP contribution is -2.25.